The van der Waals surface area contributed by atoms with Crippen LogP contribution in [-0.2, 0) is 9.47 Å². The van der Waals surface area contributed by atoms with E-state index in [0.717, 1.165) is 38.9 Å². The third-order valence-electron chi connectivity index (χ3n) is 4.20. The molecule has 0 aromatic heterocycles. The highest BCUT2D eigenvalue weighted by Gasteiger charge is 2.08. The zero-order chi connectivity index (χ0) is 18.4. The summed E-state index contributed by atoms with van der Waals surface area (Å²) in [5.74, 6) is 0. The van der Waals surface area contributed by atoms with Gasteiger partial charge >= 0.3 is 0 Å². The maximum atomic E-state index is 5.77. The van der Waals surface area contributed by atoms with Crippen LogP contribution < -0.4 is 0 Å². The van der Waals surface area contributed by atoms with Gasteiger partial charge in [-0.05, 0) is 44.9 Å². The van der Waals surface area contributed by atoms with Crippen molar-refractivity contribution in [2.45, 2.75) is 111 Å². The van der Waals surface area contributed by atoms with Gasteiger partial charge in [-0.25, -0.2) is 0 Å². The van der Waals surface area contributed by atoms with E-state index < -0.39 is 0 Å². The average Bonchev–Trinajstić information content (AvgIpc) is 2.63. The van der Waals surface area contributed by atoms with Crippen LogP contribution in [0.2, 0.25) is 0 Å². The van der Waals surface area contributed by atoms with Gasteiger partial charge in [-0.2, -0.15) is 0 Å². The second kappa shape index (κ2) is 21.4. The van der Waals surface area contributed by atoms with Crippen LogP contribution in [0.4, 0.5) is 0 Å². The van der Waals surface area contributed by atoms with Gasteiger partial charge in [0.15, 0.2) is 6.29 Å². The van der Waals surface area contributed by atoms with Crippen LogP contribution in [0.1, 0.15) is 104 Å². The molecule has 0 aliphatic carbocycles. The average molecular weight is 353 g/mol. The van der Waals surface area contributed by atoms with Crippen LogP contribution in [0, 0.1) is 0 Å². The SMILES string of the molecule is CCC=CC=CCCCCCCCCCCC(OCCC)OCCC. The van der Waals surface area contributed by atoms with Crippen molar-refractivity contribution in [3.63, 3.8) is 0 Å². The standard InChI is InChI=1S/C23H44O2/c1-4-7-8-9-10-11-12-13-14-15-16-17-18-19-20-23(24-21-5-2)25-22-6-3/h7-10,23H,4-6,11-22H2,1-3H3. The van der Waals surface area contributed by atoms with Crippen LogP contribution in [0.5, 0.6) is 0 Å². The lowest BCUT2D eigenvalue weighted by molar-refractivity contribution is -0.146. The van der Waals surface area contributed by atoms with Gasteiger partial charge in [-0.15, -0.1) is 0 Å². The third kappa shape index (κ3) is 19.6. The molecule has 0 saturated carbocycles. The van der Waals surface area contributed by atoms with E-state index in [-0.39, 0.29) is 6.29 Å². The Balaban J connectivity index is 3.38. The van der Waals surface area contributed by atoms with Crippen molar-refractivity contribution in [3.8, 4) is 0 Å². The Kier molecular flexibility index (Phi) is 20.9. The van der Waals surface area contributed by atoms with Gasteiger partial charge in [0, 0.05) is 13.2 Å². The van der Waals surface area contributed by atoms with E-state index in [2.05, 4.69) is 45.1 Å². The maximum absolute atomic E-state index is 5.77. The minimum Gasteiger partial charge on any atom is -0.353 e. The highest BCUT2D eigenvalue weighted by Crippen LogP contribution is 2.13. The van der Waals surface area contributed by atoms with Gasteiger partial charge in [0.2, 0.25) is 0 Å². The molecule has 0 fully saturated rings. The first kappa shape index (κ1) is 24.4. The summed E-state index contributed by atoms with van der Waals surface area (Å²) >= 11 is 0. The number of ether oxygens (including phenoxy) is 2. The fraction of sp³-hybridized carbons (Fsp3) is 0.826. The van der Waals surface area contributed by atoms with E-state index >= 15 is 0 Å². The predicted molar refractivity (Wildman–Crippen MR) is 111 cm³/mol. The number of hydrogen-bond acceptors (Lipinski definition) is 2. The lowest BCUT2D eigenvalue weighted by Gasteiger charge is -2.18. The van der Waals surface area contributed by atoms with Crippen molar-refractivity contribution in [3.05, 3.63) is 24.3 Å². The molecule has 0 spiro atoms. The highest BCUT2D eigenvalue weighted by molar-refractivity contribution is 5.01. The molecule has 25 heavy (non-hydrogen) atoms. The topological polar surface area (TPSA) is 18.5 Å². The summed E-state index contributed by atoms with van der Waals surface area (Å²) in [5, 5.41) is 0. The summed E-state index contributed by atoms with van der Waals surface area (Å²) in [6, 6.07) is 0. The maximum Gasteiger partial charge on any atom is 0.157 e. The van der Waals surface area contributed by atoms with Crippen molar-refractivity contribution in [1.82, 2.24) is 0 Å². The largest absolute Gasteiger partial charge is 0.353 e. The molecule has 0 amide bonds. The lowest BCUT2D eigenvalue weighted by Crippen LogP contribution is -2.18. The molecule has 0 saturated heterocycles. The predicted octanol–water partition coefficient (Wildman–Crippen LogP) is 7.59. The van der Waals surface area contributed by atoms with Crippen LogP contribution in [0.15, 0.2) is 24.3 Å². The van der Waals surface area contributed by atoms with E-state index in [1.807, 2.05) is 0 Å². The van der Waals surface area contributed by atoms with Gasteiger partial charge < -0.3 is 9.47 Å². The molecule has 0 aliphatic rings. The van der Waals surface area contributed by atoms with E-state index in [1.165, 1.54) is 57.8 Å². The van der Waals surface area contributed by atoms with Crippen molar-refractivity contribution in [2.75, 3.05) is 13.2 Å². The molecule has 0 rings (SSSR count). The van der Waals surface area contributed by atoms with E-state index in [4.69, 9.17) is 9.47 Å². The van der Waals surface area contributed by atoms with Crippen LogP contribution in [0.3, 0.4) is 0 Å². The van der Waals surface area contributed by atoms with Crippen LogP contribution >= 0.6 is 0 Å². The fourth-order valence-corrected chi connectivity index (χ4v) is 2.74. The summed E-state index contributed by atoms with van der Waals surface area (Å²) in [7, 11) is 0. The Bertz CT molecular complexity index is 288. The second-order valence-electron chi connectivity index (χ2n) is 6.84. The van der Waals surface area contributed by atoms with Gasteiger partial charge in [-0.1, -0.05) is 83.6 Å². The Morgan fingerprint density at radius 2 is 1.16 bits per heavy atom. The number of allylic oxidation sites excluding steroid dienone is 4. The number of unbranched alkanes of at least 4 members (excludes halogenated alkanes) is 8. The molecule has 0 unspecified atom stereocenters. The van der Waals surface area contributed by atoms with Crippen LogP contribution in [0.25, 0.3) is 0 Å². The first-order chi connectivity index (χ1) is 12.3. The van der Waals surface area contributed by atoms with Gasteiger partial charge in [0.1, 0.15) is 0 Å². The Morgan fingerprint density at radius 3 is 1.72 bits per heavy atom. The lowest BCUT2D eigenvalue weighted by atomic mass is 10.1. The summed E-state index contributed by atoms with van der Waals surface area (Å²) < 4.78 is 11.5. The molecule has 2 nitrogen and oxygen atoms in total. The zero-order valence-electron chi connectivity index (χ0n) is 17.3. The van der Waals surface area contributed by atoms with Crippen LogP contribution in [-0.4, -0.2) is 19.5 Å². The molecular formula is C23H44O2. The van der Waals surface area contributed by atoms with Crippen molar-refractivity contribution in [1.29, 1.82) is 0 Å². The summed E-state index contributed by atoms with van der Waals surface area (Å²) in [6.07, 6.45) is 25.2. The Labute approximate surface area is 158 Å². The molecule has 2 heteroatoms. The molecule has 148 valence electrons. The fourth-order valence-electron chi connectivity index (χ4n) is 2.74. The van der Waals surface area contributed by atoms with Gasteiger partial charge in [0.25, 0.3) is 0 Å². The number of rotatable bonds is 19. The molecule has 0 aliphatic heterocycles. The molecule has 0 atom stereocenters. The molecule has 0 aromatic carbocycles. The monoisotopic (exact) mass is 352 g/mol. The van der Waals surface area contributed by atoms with E-state index in [9.17, 15) is 0 Å². The smallest absolute Gasteiger partial charge is 0.157 e. The molecule has 0 aromatic rings. The van der Waals surface area contributed by atoms with E-state index in [1.54, 1.807) is 0 Å². The van der Waals surface area contributed by atoms with Gasteiger partial charge in [0.05, 0.1) is 0 Å². The van der Waals surface area contributed by atoms with Gasteiger partial charge in [-0.3, -0.25) is 0 Å². The molecule has 0 heterocycles. The number of hydrogen-bond donors (Lipinski definition) is 0. The first-order valence-electron chi connectivity index (χ1n) is 10.9. The zero-order valence-corrected chi connectivity index (χ0v) is 17.3. The highest BCUT2D eigenvalue weighted by atomic mass is 16.7. The second-order valence-corrected chi connectivity index (χ2v) is 6.84. The van der Waals surface area contributed by atoms with Crippen molar-refractivity contribution < 1.29 is 9.47 Å². The summed E-state index contributed by atoms with van der Waals surface area (Å²) in [6.45, 7) is 8.10. The normalized spacial score (nSPS) is 12.2. The molecular weight excluding hydrogens is 308 g/mol. The Hall–Kier alpha value is -0.600. The molecule has 0 bridgehead atoms. The van der Waals surface area contributed by atoms with Crippen molar-refractivity contribution >= 4 is 0 Å². The molecule has 0 radical (unpaired) electrons. The molecule has 0 N–H and O–H groups in total. The first-order valence-corrected chi connectivity index (χ1v) is 10.9. The summed E-state index contributed by atoms with van der Waals surface area (Å²) in [5.41, 5.74) is 0. The minimum absolute atomic E-state index is 0.0279. The third-order valence-corrected chi connectivity index (χ3v) is 4.20. The summed E-state index contributed by atoms with van der Waals surface area (Å²) in [4.78, 5) is 0. The van der Waals surface area contributed by atoms with Crippen molar-refractivity contribution in [2.24, 2.45) is 0 Å². The van der Waals surface area contributed by atoms with E-state index in [0.29, 0.717) is 0 Å². The Morgan fingerprint density at radius 1 is 0.640 bits per heavy atom. The minimum atomic E-state index is 0.0279. The quantitative estimate of drug-likeness (QED) is 0.135.